The van der Waals surface area contributed by atoms with Crippen LogP contribution in [-0.2, 0) is 9.59 Å². The number of hydrogen-bond donors (Lipinski definition) is 1. The van der Waals surface area contributed by atoms with Crippen LogP contribution in [0, 0.1) is 11.3 Å². The molecular weight excluding hydrogens is 300 g/mol. The molecule has 5 heteroatoms. The zero-order valence-electron chi connectivity index (χ0n) is 12.8. The van der Waals surface area contributed by atoms with Crippen LogP contribution in [0.2, 0.25) is 5.02 Å². The minimum absolute atomic E-state index is 0.0106. The third-order valence-electron chi connectivity index (χ3n) is 4.66. The summed E-state index contributed by atoms with van der Waals surface area (Å²) in [4.78, 5) is 27.2. The van der Waals surface area contributed by atoms with Gasteiger partial charge < -0.3 is 10.2 Å². The van der Waals surface area contributed by atoms with E-state index in [2.05, 4.69) is 12.2 Å². The summed E-state index contributed by atoms with van der Waals surface area (Å²) >= 11 is 6.08. The number of benzene rings is 1. The number of nitrogens with zero attached hydrogens (tertiary/aromatic N) is 1. The summed E-state index contributed by atoms with van der Waals surface area (Å²) in [6.45, 7) is 3.69. The number of halogens is 1. The first-order valence-corrected chi connectivity index (χ1v) is 8.26. The van der Waals surface area contributed by atoms with E-state index in [0.29, 0.717) is 29.5 Å². The van der Waals surface area contributed by atoms with Gasteiger partial charge in [0.25, 0.3) is 0 Å². The van der Waals surface area contributed by atoms with Crippen LogP contribution >= 0.6 is 11.6 Å². The molecule has 1 atom stereocenters. The third-order valence-corrected chi connectivity index (χ3v) is 4.99. The number of carbonyl (C=O) groups excluding carboxylic acids is 2. The summed E-state index contributed by atoms with van der Waals surface area (Å²) in [5.41, 5.74) is -0.295. The van der Waals surface area contributed by atoms with Crippen LogP contribution in [-0.4, -0.2) is 29.8 Å². The molecule has 0 bridgehead atoms. The predicted octanol–water partition coefficient (Wildman–Crippen LogP) is 3.32. The number of likely N-dealkylation sites (tertiary alicyclic amines) is 1. The SMILES string of the molecule is CC1CCCN(C(=O)C2(C(=O)Nc3ccccc3Cl)CC2)C1. The lowest BCUT2D eigenvalue weighted by Crippen LogP contribution is -2.46. The van der Waals surface area contributed by atoms with Gasteiger partial charge in [0.1, 0.15) is 5.41 Å². The maximum absolute atomic E-state index is 12.8. The molecule has 4 nitrogen and oxygen atoms in total. The number of amides is 2. The van der Waals surface area contributed by atoms with Gasteiger partial charge in [0.2, 0.25) is 11.8 Å². The van der Waals surface area contributed by atoms with Crippen molar-refractivity contribution in [3.63, 3.8) is 0 Å². The van der Waals surface area contributed by atoms with E-state index >= 15 is 0 Å². The van der Waals surface area contributed by atoms with Gasteiger partial charge >= 0.3 is 0 Å². The molecule has 1 aromatic carbocycles. The first kappa shape index (κ1) is 15.3. The van der Waals surface area contributed by atoms with Crippen LogP contribution in [0.25, 0.3) is 0 Å². The second-order valence-corrected chi connectivity index (χ2v) is 6.92. The molecule has 0 radical (unpaired) electrons. The number of anilines is 1. The molecule has 1 saturated heterocycles. The lowest BCUT2D eigenvalue weighted by molar-refractivity contribution is -0.143. The molecule has 1 aliphatic carbocycles. The molecule has 3 rings (SSSR count). The Hall–Kier alpha value is -1.55. The van der Waals surface area contributed by atoms with E-state index in [9.17, 15) is 9.59 Å². The lowest BCUT2D eigenvalue weighted by Gasteiger charge is -2.33. The standard InChI is InChI=1S/C17H21ClN2O2/c1-12-5-4-10-20(11-12)16(22)17(8-9-17)15(21)19-14-7-3-2-6-13(14)18/h2-3,6-7,12H,4-5,8-11H2,1H3,(H,19,21). The van der Waals surface area contributed by atoms with Gasteiger partial charge in [-0.1, -0.05) is 30.7 Å². The van der Waals surface area contributed by atoms with Crippen LogP contribution in [0.3, 0.4) is 0 Å². The molecule has 118 valence electrons. The van der Waals surface area contributed by atoms with Crippen LogP contribution in [0.5, 0.6) is 0 Å². The van der Waals surface area contributed by atoms with E-state index in [1.54, 1.807) is 12.1 Å². The van der Waals surface area contributed by atoms with Gasteiger partial charge in [-0.25, -0.2) is 0 Å². The Kier molecular flexibility index (Phi) is 4.13. The number of para-hydroxylation sites is 1. The minimum Gasteiger partial charge on any atom is -0.342 e. The zero-order valence-corrected chi connectivity index (χ0v) is 13.5. The first-order chi connectivity index (χ1) is 10.5. The van der Waals surface area contributed by atoms with E-state index < -0.39 is 5.41 Å². The summed E-state index contributed by atoms with van der Waals surface area (Å²) < 4.78 is 0. The van der Waals surface area contributed by atoms with E-state index in [4.69, 9.17) is 11.6 Å². The van der Waals surface area contributed by atoms with E-state index in [1.165, 1.54) is 0 Å². The Balaban J connectivity index is 1.71. The highest BCUT2D eigenvalue weighted by molar-refractivity contribution is 6.34. The summed E-state index contributed by atoms with van der Waals surface area (Å²) in [5, 5.41) is 3.32. The summed E-state index contributed by atoms with van der Waals surface area (Å²) in [6.07, 6.45) is 3.44. The topological polar surface area (TPSA) is 49.4 Å². The molecule has 1 aromatic rings. The fourth-order valence-corrected chi connectivity index (χ4v) is 3.33. The fraction of sp³-hybridized carbons (Fsp3) is 0.529. The Morgan fingerprint density at radius 3 is 2.68 bits per heavy atom. The van der Waals surface area contributed by atoms with Crippen molar-refractivity contribution in [1.82, 2.24) is 4.90 Å². The van der Waals surface area contributed by atoms with Gasteiger partial charge in [0.15, 0.2) is 0 Å². The van der Waals surface area contributed by atoms with E-state index in [0.717, 1.165) is 25.9 Å². The maximum Gasteiger partial charge on any atom is 0.240 e. The number of carbonyl (C=O) groups is 2. The van der Waals surface area contributed by atoms with Crippen molar-refractivity contribution in [3.8, 4) is 0 Å². The monoisotopic (exact) mass is 320 g/mol. The van der Waals surface area contributed by atoms with Crippen molar-refractivity contribution in [2.24, 2.45) is 11.3 Å². The number of hydrogen-bond acceptors (Lipinski definition) is 2. The summed E-state index contributed by atoms with van der Waals surface area (Å²) in [5.74, 6) is 0.285. The van der Waals surface area contributed by atoms with Gasteiger partial charge in [-0.15, -0.1) is 0 Å². The number of piperidine rings is 1. The van der Waals surface area contributed by atoms with Gasteiger partial charge in [0.05, 0.1) is 10.7 Å². The Labute approximate surface area is 135 Å². The van der Waals surface area contributed by atoms with Crippen molar-refractivity contribution in [2.75, 3.05) is 18.4 Å². The maximum atomic E-state index is 12.8. The van der Waals surface area contributed by atoms with Gasteiger partial charge in [-0.3, -0.25) is 9.59 Å². The highest BCUT2D eigenvalue weighted by Crippen LogP contribution is 2.48. The quantitative estimate of drug-likeness (QED) is 0.869. The van der Waals surface area contributed by atoms with Crippen molar-refractivity contribution >= 4 is 29.1 Å². The zero-order chi connectivity index (χ0) is 15.7. The molecule has 1 aliphatic heterocycles. The van der Waals surface area contributed by atoms with Gasteiger partial charge in [-0.05, 0) is 43.7 Å². The van der Waals surface area contributed by atoms with Crippen LogP contribution < -0.4 is 5.32 Å². The largest absolute Gasteiger partial charge is 0.342 e. The Morgan fingerprint density at radius 1 is 1.32 bits per heavy atom. The second-order valence-electron chi connectivity index (χ2n) is 6.51. The van der Waals surface area contributed by atoms with Crippen molar-refractivity contribution in [3.05, 3.63) is 29.3 Å². The molecule has 2 amide bonds. The minimum atomic E-state index is -0.865. The second kappa shape index (κ2) is 5.92. The highest BCUT2D eigenvalue weighted by atomic mass is 35.5. The molecule has 2 fully saturated rings. The van der Waals surface area contributed by atoms with E-state index in [-0.39, 0.29) is 11.8 Å². The molecule has 1 N–H and O–H groups in total. The van der Waals surface area contributed by atoms with Crippen molar-refractivity contribution in [1.29, 1.82) is 0 Å². The molecule has 0 aromatic heterocycles. The molecular formula is C17H21ClN2O2. The molecule has 0 spiro atoms. The number of nitrogens with one attached hydrogen (secondary N) is 1. The van der Waals surface area contributed by atoms with Crippen LogP contribution in [0.15, 0.2) is 24.3 Å². The molecule has 1 saturated carbocycles. The molecule has 2 aliphatic rings. The smallest absolute Gasteiger partial charge is 0.240 e. The summed E-state index contributed by atoms with van der Waals surface area (Å²) in [6, 6.07) is 7.11. The molecule has 1 heterocycles. The Morgan fingerprint density at radius 2 is 2.05 bits per heavy atom. The number of rotatable bonds is 3. The van der Waals surface area contributed by atoms with Crippen LogP contribution in [0.4, 0.5) is 5.69 Å². The lowest BCUT2D eigenvalue weighted by atomic mass is 9.96. The molecule has 22 heavy (non-hydrogen) atoms. The highest BCUT2D eigenvalue weighted by Gasteiger charge is 2.58. The molecule has 1 unspecified atom stereocenters. The van der Waals surface area contributed by atoms with Gasteiger partial charge in [-0.2, -0.15) is 0 Å². The predicted molar refractivity (Wildman–Crippen MR) is 86.7 cm³/mol. The average molecular weight is 321 g/mol. The normalized spacial score (nSPS) is 23.0. The average Bonchev–Trinajstić information content (AvgIpc) is 3.30. The van der Waals surface area contributed by atoms with Crippen molar-refractivity contribution in [2.45, 2.75) is 32.6 Å². The first-order valence-electron chi connectivity index (χ1n) is 7.88. The van der Waals surface area contributed by atoms with Gasteiger partial charge in [0, 0.05) is 13.1 Å². The van der Waals surface area contributed by atoms with Crippen molar-refractivity contribution < 1.29 is 9.59 Å². The third kappa shape index (κ3) is 2.84. The summed E-state index contributed by atoms with van der Waals surface area (Å²) in [7, 11) is 0. The Bertz CT molecular complexity index is 598. The van der Waals surface area contributed by atoms with Crippen LogP contribution in [0.1, 0.15) is 32.6 Å². The fourth-order valence-electron chi connectivity index (χ4n) is 3.14. The van der Waals surface area contributed by atoms with E-state index in [1.807, 2.05) is 17.0 Å².